The summed E-state index contributed by atoms with van der Waals surface area (Å²) in [5.41, 5.74) is 0.277. The first-order chi connectivity index (χ1) is 16.8. The number of methoxy groups -OCH3 is 1. The lowest BCUT2D eigenvalue weighted by atomic mass is 9.96. The van der Waals surface area contributed by atoms with Crippen LogP contribution in [0.3, 0.4) is 0 Å². The molecule has 2 N–H and O–H groups in total. The molecule has 2 aromatic rings. The van der Waals surface area contributed by atoms with Crippen molar-refractivity contribution >= 4 is 23.7 Å². The third-order valence-corrected chi connectivity index (χ3v) is 6.73. The van der Waals surface area contributed by atoms with Crippen LogP contribution in [0.1, 0.15) is 34.5 Å². The van der Waals surface area contributed by atoms with Crippen LogP contribution in [0.4, 0.5) is 10.6 Å². The van der Waals surface area contributed by atoms with Crippen LogP contribution in [0.25, 0.3) is 0 Å². The van der Waals surface area contributed by atoms with Gasteiger partial charge in [0.25, 0.3) is 11.8 Å². The third kappa shape index (κ3) is 3.94. The SMILES string of the molecule is C=C(Oc1ccc(N2CCCC2)nc1C)C1(CN2Cc3ccc(OC)cc3C2=O)NC(=O)NC1=O. The summed E-state index contributed by atoms with van der Waals surface area (Å²) in [4.78, 5) is 46.6. The lowest BCUT2D eigenvalue weighted by Gasteiger charge is -2.32. The molecule has 0 spiro atoms. The maximum absolute atomic E-state index is 13.1. The Morgan fingerprint density at radius 2 is 1.94 bits per heavy atom. The van der Waals surface area contributed by atoms with Gasteiger partial charge >= 0.3 is 6.03 Å². The van der Waals surface area contributed by atoms with Crippen molar-refractivity contribution in [3.8, 4) is 11.5 Å². The Labute approximate surface area is 202 Å². The summed E-state index contributed by atoms with van der Waals surface area (Å²) in [5, 5.41) is 4.89. The highest BCUT2D eigenvalue weighted by Crippen LogP contribution is 2.32. The summed E-state index contributed by atoms with van der Waals surface area (Å²) in [7, 11) is 1.53. The number of carbonyl (C=O) groups is 3. The number of ether oxygens (including phenoxy) is 2. The van der Waals surface area contributed by atoms with Gasteiger partial charge in [-0.15, -0.1) is 0 Å². The molecule has 4 heterocycles. The van der Waals surface area contributed by atoms with Crippen molar-refractivity contribution in [2.24, 2.45) is 0 Å². The molecule has 1 aromatic heterocycles. The fraction of sp³-hybridized carbons (Fsp3) is 0.360. The standard InChI is InChI=1S/C25H27N5O5/c1-15-20(8-9-21(26-15)29-10-4-5-11-29)35-16(2)25(23(32)27-24(33)28-25)14-30-13-17-6-7-18(34-3)12-19(17)22(30)31/h6-9,12H,2,4-5,10-11,13-14H2,1,3H3,(H2,27,28,32,33). The fourth-order valence-corrected chi connectivity index (χ4v) is 4.75. The number of imide groups is 1. The van der Waals surface area contributed by atoms with Crippen molar-refractivity contribution in [2.45, 2.75) is 31.8 Å². The first kappa shape index (κ1) is 22.7. The van der Waals surface area contributed by atoms with Gasteiger partial charge < -0.3 is 24.6 Å². The number of hydrogen-bond donors (Lipinski definition) is 2. The number of pyridine rings is 1. The molecule has 1 unspecified atom stereocenters. The molecule has 10 nitrogen and oxygen atoms in total. The number of fused-ring (bicyclic) bond motifs is 1. The number of amides is 4. The molecule has 3 aliphatic heterocycles. The van der Waals surface area contributed by atoms with Gasteiger partial charge in [-0.2, -0.15) is 0 Å². The second kappa shape index (κ2) is 8.61. The first-order valence-corrected chi connectivity index (χ1v) is 11.5. The Morgan fingerprint density at radius 1 is 1.17 bits per heavy atom. The molecular weight excluding hydrogens is 450 g/mol. The fourth-order valence-electron chi connectivity index (χ4n) is 4.75. The Hall–Kier alpha value is -4.08. The van der Waals surface area contributed by atoms with Gasteiger partial charge in [-0.1, -0.05) is 12.6 Å². The van der Waals surface area contributed by atoms with E-state index in [4.69, 9.17) is 9.47 Å². The lowest BCUT2D eigenvalue weighted by molar-refractivity contribution is -0.123. The summed E-state index contributed by atoms with van der Waals surface area (Å²) in [6.45, 7) is 7.86. The number of aryl methyl sites for hydroxylation is 1. The van der Waals surface area contributed by atoms with E-state index < -0.39 is 17.5 Å². The summed E-state index contributed by atoms with van der Waals surface area (Å²) in [5.74, 6) is 0.957. The third-order valence-electron chi connectivity index (χ3n) is 6.73. The van der Waals surface area contributed by atoms with E-state index in [9.17, 15) is 14.4 Å². The second-order valence-electron chi connectivity index (χ2n) is 8.97. The van der Waals surface area contributed by atoms with Crippen molar-refractivity contribution in [1.29, 1.82) is 0 Å². The molecule has 2 fully saturated rings. The number of nitrogens with zero attached hydrogens (tertiary/aromatic N) is 3. The van der Waals surface area contributed by atoms with Crippen molar-refractivity contribution in [3.63, 3.8) is 0 Å². The van der Waals surface area contributed by atoms with Gasteiger partial charge in [-0.25, -0.2) is 9.78 Å². The monoisotopic (exact) mass is 477 g/mol. The smallest absolute Gasteiger partial charge is 0.322 e. The Balaban J connectivity index is 1.39. The molecule has 5 rings (SSSR count). The number of carbonyl (C=O) groups excluding carboxylic acids is 3. The van der Waals surface area contributed by atoms with Crippen LogP contribution in [-0.4, -0.2) is 60.0 Å². The largest absolute Gasteiger partial charge is 0.497 e. The maximum Gasteiger partial charge on any atom is 0.322 e. The Morgan fingerprint density at radius 3 is 2.60 bits per heavy atom. The molecule has 10 heteroatoms. The summed E-state index contributed by atoms with van der Waals surface area (Å²) >= 11 is 0. The van der Waals surface area contributed by atoms with Gasteiger partial charge in [-0.3, -0.25) is 14.9 Å². The highest BCUT2D eigenvalue weighted by molar-refractivity contribution is 6.09. The normalized spacial score (nSPS) is 21.1. The van der Waals surface area contributed by atoms with Crippen LogP contribution in [0.2, 0.25) is 0 Å². The molecule has 0 aliphatic carbocycles. The molecular formula is C25H27N5O5. The molecule has 1 aromatic carbocycles. The summed E-state index contributed by atoms with van der Waals surface area (Å²) in [6.07, 6.45) is 2.28. The predicted molar refractivity (Wildman–Crippen MR) is 127 cm³/mol. The van der Waals surface area contributed by atoms with Gasteiger partial charge in [-0.05, 0) is 49.6 Å². The van der Waals surface area contributed by atoms with E-state index in [2.05, 4.69) is 27.1 Å². The molecule has 4 amide bonds. The average Bonchev–Trinajstić information content (AvgIpc) is 3.55. The van der Waals surface area contributed by atoms with E-state index in [0.29, 0.717) is 22.8 Å². The van der Waals surface area contributed by atoms with Crippen LogP contribution in [0.5, 0.6) is 11.5 Å². The van der Waals surface area contributed by atoms with Crippen LogP contribution in [0, 0.1) is 6.92 Å². The van der Waals surface area contributed by atoms with Gasteiger partial charge in [0.05, 0.1) is 19.3 Å². The minimum atomic E-state index is -1.65. The topological polar surface area (TPSA) is 113 Å². The van der Waals surface area contributed by atoms with Gasteiger partial charge in [0.1, 0.15) is 23.1 Å². The van der Waals surface area contributed by atoms with E-state index in [-0.39, 0.29) is 24.8 Å². The Kier molecular flexibility index (Phi) is 5.58. The highest BCUT2D eigenvalue weighted by Gasteiger charge is 2.53. The van der Waals surface area contributed by atoms with E-state index in [0.717, 1.165) is 37.3 Å². The van der Waals surface area contributed by atoms with Gasteiger partial charge in [0.15, 0.2) is 5.54 Å². The number of benzene rings is 1. The van der Waals surface area contributed by atoms with Crippen LogP contribution < -0.4 is 25.0 Å². The van der Waals surface area contributed by atoms with E-state index in [1.165, 1.54) is 12.0 Å². The zero-order valence-electron chi connectivity index (χ0n) is 19.7. The molecule has 0 bridgehead atoms. The highest BCUT2D eigenvalue weighted by atomic mass is 16.5. The van der Waals surface area contributed by atoms with E-state index >= 15 is 0 Å². The van der Waals surface area contributed by atoms with Crippen molar-refractivity contribution in [1.82, 2.24) is 20.5 Å². The molecule has 35 heavy (non-hydrogen) atoms. The molecule has 0 saturated carbocycles. The van der Waals surface area contributed by atoms with Crippen LogP contribution in [-0.2, 0) is 11.3 Å². The minimum Gasteiger partial charge on any atom is -0.497 e. The van der Waals surface area contributed by atoms with E-state index in [1.807, 2.05) is 19.1 Å². The van der Waals surface area contributed by atoms with Gasteiger partial charge in [0, 0.05) is 25.2 Å². The minimum absolute atomic E-state index is 0.000934. The zero-order valence-corrected chi connectivity index (χ0v) is 19.7. The maximum atomic E-state index is 13.1. The van der Waals surface area contributed by atoms with E-state index in [1.54, 1.807) is 18.2 Å². The molecule has 182 valence electrons. The van der Waals surface area contributed by atoms with Crippen LogP contribution in [0.15, 0.2) is 42.7 Å². The lowest BCUT2D eigenvalue weighted by Crippen LogP contribution is -2.57. The van der Waals surface area contributed by atoms with Crippen molar-refractivity contribution in [3.05, 3.63) is 59.5 Å². The zero-order chi connectivity index (χ0) is 24.7. The summed E-state index contributed by atoms with van der Waals surface area (Å²) < 4.78 is 11.2. The molecule has 3 aliphatic rings. The number of rotatable bonds is 7. The van der Waals surface area contributed by atoms with Gasteiger partial charge in [0.2, 0.25) is 0 Å². The number of nitrogens with one attached hydrogen (secondary N) is 2. The van der Waals surface area contributed by atoms with Crippen molar-refractivity contribution in [2.75, 3.05) is 31.6 Å². The quantitative estimate of drug-likeness (QED) is 0.464. The van der Waals surface area contributed by atoms with Crippen LogP contribution >= 0.6 is 0 Å². The number of aromatic nitrogens is 1. The molecule has 2 saturated heterocycles. The molecule has 1 atom stereocenters. The number of hydrogen-bond acceptors (Lipinski definition) is 7. The first-order valence-electron chi connectivity index (χ1n) is 11.5. The Bertz CT molecular complexity index is 1240. The number of urea groups is 1. The average molecular weight is 478 g/mol. The summed E-state index contributed by atoms with van der Waals surface area (Å²) in [6, 6.07) is 8.24. The predicted octanol–water partition coefficient (Wildman–Crippen LogP) is 2.13. The second-order valence-corrected chi connectivity index (χ2v) is 8.97. The molecule has 0 radical (unpaired) electrons. The van der Waals surface area contributed by atoms with Crippen molar-refractivity contribution < 1.29 is 23.9 Å². The number of anilines is 1.